The van der Waals surface area contributed by atoms with Gasteiger partial charge in [0.15, 0.2) is 5.82 Å². The monoisotopic (exact) mass is 330 g/mol. The Bertz CT molecular complexity index is 804. The van der Waals surface area contributed by atoms with Gasteiger partial charge >= 0.3 is 0 Å². The van der Waals surface area contributed by atoms with E-state index in [9.17, 15) is 0 Å². The molecule has 0 aliphatic carbocycles. The van der Waals surface area contributed by atoms with Crippen LogP contribution in [0.3, 0.4) is 0 Å². The second-order valence-electron chi connectivity index (χ2n) is 4.64. The SMILES string of the molecule is COc1cccc(-c2nc(Cl)cc(-c3ccc(Cl)cc3)n2)c1. The van der Waals surface area contributed by atoms with Crippen molar-refractivity contribution in [2.45, 2.75) is 0 Å². The van der Waals surface area contributed by atoms with Crippen molar-refractivity contribution in [2.24, 2.45) is 0 Å². The molecule has 1 heterocycles. The molecule has 3 aromatic rings. The van der Waals surface area contributed by atoms with E-state index < -0.39 is 0 Å². The normalized spacial score (nSPS) is 10.5. The molecule has 110 valence electrons. The lowest BCUT2D eigenvalue weighted by atomic mass is 10.1. The molecular weight excluding hydrogens is 319 g/mol. The van der Waals surface area contributed by atoms with E-state index >= 15 is 0 Å². The van der Waals surface area contributed by atoms with Gasteiger partial charge in [0.2, 0.25) is 0 Å². The summed E-state index contributed by atoms with van der Waals surface area (Å²) in [5.74, 6) is 1.30. The van der Waals surface area contributed by atoms with Crippen LogP contribution in [0.4, 0.5) is 0 Å². The number of rotatable bonds is 3. The molecule has 3 nitrogen and oxygen atoms in total. The number of methoxy groups -OCH3 is 1. The molecule has 5 heteroatoms. The average molecular weight is 331 g/mol. The highest BCUT2D eigenvalue weighted by atomic mass is 35.5. The molecule has 0 saturated heterocycles. The third-order valence-electron chi connectivity index (χ3n) is 3.16. The minimum atomic E-state index is 0.387. The van der Waals surface area contributed by atoms with Gasteiger partial charge in [0.25, 0.3) is 0 Å². The molecule has 0 radical (unpaired) electrons. The van der Waals surface area contributed by atoms with Gasteiger partial charge in [0, 0.05) is 22.2 Å². The van der Waals surface area contributed by atoms with Gasteiger partial charge in [-0.2, -0.15) is 0 Å². The van der Waals surface area contributed by atoms with Gasteiger partial charge in [0.1, 0.15) is 10.9 Å². The minimum Gasteiger partial charge on any atom is -0.497 e. The molecule has 0 N–H and O–H groups in total. The fourth-order valence-electron chi connectivity index (χ4n) is 2.08. The Hall–Kier alpha value is -2.10. The highest BCUT2D eigenvalue weighted by Gasteiger charge is 2.08. The van der Waals surface area contributed by atoms with Crippen molar-refractivity contribution in [3.63, 3.8) is 0 Å². The summed E-state index contributed by atoms with van der Waals surface area (Å²) in [6.45, 7) is 0. The third-order valence-corrected chi connectivity index (χ3v) is 3.61. The van der Waals surface area contributed by atoms with Crippen molar-refractivity contribution in [3.05, 3.63) is 64.8 Å². The van der Waals surface area contributed by atoms with Gasteiger partial charge in [0.05, 0.1) is 12.8 Å². The molecule has 3 rings (SSSR count). The highest BCUT2D eigenvalue weighted by Crippen LogP contribution is 2.27. The number of halogens is 2. The number of hydrogen-bond acceptors (Lipinski definition) is 3. The van der Waals surface area contributed by atoms with Crippen molar-refractivity contribution in [2.75, 3.05) is 7.11 Å². The van der Waals surface area contributed by atoms with Crippen molar-refractivity contribution < 1.29 is 4.74 Å². The summed E-state index contributed by atoms with van der Waals surface area (Å²) >= 11 is 12.1. The highest BCUT2D eigenvalue weighted by molar-refractivity contribution is 6.30. The molecule has 0 unspecified atom stereocenters. The average Bonchev–Trinajstić information content (AvgIpc) is 2.55. The second-order valence-corrected chi connectivity index (χ2v) is 5.46. The first kappa shape index (κ1) is 14.8. The van der Waals surface area contributed by atoms with Crippen LogP contribution in [0, 0.1) is 0 Å². The zero-order valence-corrected chi connectivity index (χ0v) is 13.3. The molecule has 0 saturated carbocycles. The molecule has 0 atom stereocenters. The van der Waals surface area contributed by atoms with Gasteiger partial charge in [-0.3, -0.25) is 0 Å². The van der Waals surface area contributed by atoms with Gasteiger partial charge in [-0.1, -0.05) is 47.5 Å². The van der Waals surface area contributed by atoms with Crippen molar-refractivity contribution in [1.29, 1.82) is 0 Å². The summed E-state index contributed by atoms with van der Waals surface area (Å²) in [5, 5.41) is 1.06. The molecule has 0 fully saturated rings. The van der Waals surface area contributed by atoms with E-state index in [1.54, 1.807) is 13.2 Å². The summed E-state index contributed by atoms with van der Waals surface area (Å²) in [4.78, 5) is 8.88. The molecule has 0 bridgehead atoms. The Morgan fingerprint density at radius 2 is 1.64 bits per heavy atom. The maximum atomic E-state index is 6.15. The molecule has 2 aromatic carbocycles. The number of hydrogen-bond donors (Lipinski definition) is 0. The van der Waals surface area contributed by atoms with Crippen molar-refractivity contribution >= 4 is 23.2 Å². The molecule has 0 spiro atoms. The van der Waals surface area contributed by atoms with Crippen LogP contribution in [0.5, 0.6) is 5.75 Å². The summed E-state index contributed by atoms with van der Waals surface area (Å²) in [7, 11) is 1.62. The lowest BCUT2D eigenvalue weighted by molar-refractivity contribution is 0.415. The summed E-state index contributed by atoms with van der Waals surface area (Å²) in [6.07, 6.45) is 0. The smallest absolute Gasteiger partial charge is 0.161 e. The van der Waals surface area contributed by atoms with E-state index in [1.165, 1.54) is 0 Å². The molecule has 1 aromatic heterocycles. The Morgan fingerprint density at radius 1 is 0.864 bits per heavy atom. The molecular formula is C17H12Cl2N2O. The first-order chi connectivity index (χ1) is 10.7. The maximum absolute atomic E-state index is 6.15. The fourth-order valence-corrected chi connectivity index (χ4v) is 2.39. The van der Waals surface area contributed by atoms with Crippen LogP contribution in [-0.2, 0) is 0 Å². The van der Waals surface area contributed by atoms with Crippen molar-refractivity contribution in [1.82, 2.24) is 9.97 Å². The topological polar surface area (TPSA) is 35.0 Å². The number of ether oxygens (including phenoxy) is 1. The second kappa shape index (κ2) is 6.34. The first-order valence-electron chi connectivity index (χ1n) is 6.60. The van der Waals surface area contributed by atoms with Crippen LogP contribution in [0.2, 0.25) is 10.2 Å². The third kappa shape index (κ3) is 3.21. The molecule has 22 heavy (non-hydrogen) atoms. The number of aromatic nitrogens is 2. The van der Waals surface area contributed by atoms with E-state index in [4.69, 9.17) is 27.9 Å². The van der Waals surface area contributed by atoms with Crippen LogP contribution in [0.1, 0.15) is 0 Å². The minimum absolute atomic E-state index is 0.387. The van der Waals surface area contributed by atoms with E-state index in [0.29, 0.717) is 16.0 Å². The fraction of sp³-hybridized carbons (Fsp3) is 0.0588. The van der Waals surface area contributed by atoms with E-state index in [0.717, 1.165) is 22.6 Å². The maximum Gasteiger partial charge on any atom is 0.161 e. The first-order valence-corrected chi connectivity index (χ1v) is 7.36. The lowest BCUT2D eigenvalue weighted by Crippen LogP contribution is -1.93. The van der Waals surface area contributed by atoms with Crippen molar-refractivity contribution in [3.8, 4) is 28.4 Å². The molecule has 0 amide bonds. The largest absolute Gasteiger partial charge is 0.497 e. The molecule has 0 aliphatic rings. The number of benzene rings is 2. The predicted molar refractivity (Wildman–Crippen MR) is 89.5 cm³/mol. The van der Waals surface area contributed by atoms with E-state index in [2.05, 4.69) is 9.97 Å². The Morgan fingerprint density at radius 3 is 2.36 bits per heavy atom. The molecule has 0 aliphatic heterocycles. The van der Waals surface area contributed by atoms with Crippen LogP contribution in [-0.4, -0.2) is 17.1 Å². The van der Waals surface area contributed by atoms with Crippen LogP contribution in [0.15, 0.2) is 54.6 Å². The van der Waals surface area contributed by atoms with Gasteiger partial charge in [-0.05, 0) is 24.3 Å². The zero-order chi connectivity index (χ0) is 15.5. The summed E-state index contributed by atoms with van der Waals surface area (Å²) in [5.41, 5.74) is 2.52. The van der Waals surface area contributed by atoms with Crippen LogP contribution < -0.4 is 4.74 Å². The Balaban J connectivity index is 2.08. The standard InChI is InChI=1S/C17H12Cl2N2O/c1-22-14-4-2-3-12(9-14)17-20-15(10-16(19)21-17)11-5-7-13(18)8-6-11/h2-10H,1H3. The quantitative estimate of drug-likeness (QED) is 0.624. The summed E-state index contributed by atoms with van der Waals surface area (Å²) in [6, 6.07) is 16.7. The van der Waals surface area contributed by atoms with E-state index in [-0.39, 0.29) is 0 Å². The number of nitrogens with zero attached hydrogens (tertiary/aromatic N) is 2. The lowest BCUT2D eigenvalue weighted by Gasteiger charge is -2.07. The van der Waals surface area contributed by atoms with E-state index in [1.807, 2.05) is 48.5 Å². The van der Waals surface area contributed by atoms with Crippen LogP contribution >= 0.6 is 23.2 Å². The predicted octanol–water partition coefficient (Wildman–Crippen LogP) is 5.13. The van der Waals surface area contributed by atoms with Gasteiger partial charge in [-0.15, -0.1) is 0 Å². The van der Waals surface area contributed by atoms with Gasteiger partial charge < -0.3 is 4.74 Å². The van der Waals surface area contributed by atoms with Gasteiger partial charge in [-0.25, -0.2) is 9.97 Å². The summed E-state index contributed by atoms with van der Waals surface area (Å²) < 4.78 is 5.23. The van der Waals surface area contributed by atoms with Crippen LogP contribution in [0.25, 0.3) is 22.6 Å². The Kier molecular flexibility index (Phi) is 4.27. The zero-order valence-electron chi connectivity index (χ0n) is 11.8. The Labute approximate surface area is 138 Å².